The number of carboxylic acids is 1. The van der Waals surface area contributed by atoms with Crippen molar-refractivity contribution in [2.75, 3.05) is 0 Å². The van der Waals surface area contributed by atoms with Crippen molar-refractivity contribution in [3.05, 3.63) is 24.3 Å². The molecule has 0 aromatic rings. The molecular formula is C33H60O4. The summed E-state index contributed by atoms with van der Waals surface area (Å²) >= 11 is 0. The van der Waals surface area contributed by atoms with Crippen molar-refractivity contribution in [1.29, 1.82) is 0 Å². The lowest BCUT2D eigenvalue weighted by atomic mass is 10.1. The molecule has 0 aliphatic heterocycles. The van der Waals surface area contributed by atoms with Gasteiger partial charge in [0.15, 0.2) is 0 Å². The van der Waals surface area contributed by atoms with E-state index in [1.54, 1.807) is 0 Å². The first-order chi connectivity index (χ1) is 18.1. The molecule has 0 radical (unpaired) electrons. The number of allylic oxidation sites excluding steroid dienone is 3. The molecule has 1 N–H and O–H groups in total. The highest BCUT2D eigenvalue weighted by molar-refractivity contribution is 5.69. The highest BCUT2D eigenvalue weighted by Gasteiger charge is 2.11. The Balaban J connectivity index is 3.82. The van der Waals surface area contributed by atoms with Gasteiger partial charge in [-0.2, -0.15) is 0 Å². The summed E-state index contributed by atoms with van der Waals surface area (Å²) in [6, 6.07) is 0. The van der Waals surface area contributed by atoms with Crippen molar-refractivity contribution in [2.45, 2.75) is 174 Å². The SMILES string of the molecule is CCCC/C=C\C(CCCCCCC(=O)O)OC(=O)CCCCCCC/C=C\CCCCCCCCC. The molecule has 0 rings (SSSR count). The molecule has 0 amide bonds. The zero-order chi connectivity index (χ0) is 27.2. The highest BCUT2D eigenvalue weighted by atomic mass is 16.5. The lowest BCUT2D eigenvalue weighted by molar-refractivity contribution is -0.147. The van der Waals surface area contributed by atoms with Crippen LogP contribution in [0.4, 0.5) is 0 Å². The second-order valence-corrected chi connectivity index (χ2v) is 10.6. The summed E-state index contributed by atoms with van der Waals surface area (Å²) < 4.78 is 5.77. The predicted octanol–water partition coefficient (Wildman–Crippen LogP) is 10.5. The summed E-state index contributed by atoms with van der Waals surface area (Å²) in [5, 5.41) is 8.74. The molecule has 1 unspecified atom stereocenters. The Kier molecular flexibility index (Phi) is 27.7. The average molecular weight is 521 g/mol. The molecule has 0 spiro atoms. The van der Waals surface area contributed by atoms with Gasteiger partial charge in [0, 0.05) is 12.8 Å². The summed E-state index contributed by atoms with van der Waals surface area (Å²) in [5.41, 5.74) is 0. The zero-order valence-corrected chi connectivity index (χ0v) is 24.5. The Labute approximate surface area is 229 Å². The van der Waals surface area contributed by atoms with Crippen LogP contribution in [0.5, 0.6) is 0 Å². The highest BCUT2D eigenvalue weighted by Crippen LogP contribution is 2.15. The Morgan fingerprint density at radius 2 is 1.08 bits per heavy atom. The number of rotatable bonds is 28. The molecule has 0 heterocycles. The number of carbonyl (C=O) groups is 2. The fraction of sp³-hybridized carbons (Fsp3) is 0.818. The molecular weight excluding hydrogens is 460 g/mol. The van der Waals surface area contributed by atoms with E-state index in [0.717, 1.165) is 64.2 Å². The summed E-state index contributed by atoms with van der Waals surface area (Å²) in [7, 11) is 0. The first-order valence-electron chi connectivity index (χ1n) is 15.8. The molecule has 4 nitrogen and oxygen atoms in total. The van der Waals surface area contributed by atoms with Crippen LogP contribution in [0.25, 0.3) is 0 Å². The maximum Gasteiger partial charge on any atom is 0.306 e. The molecule has 0 aromatic carbocycles. The average Bonchev–Trinajstić information content (AvgIpc) is 2.88. The topological polar surface area (TPSA) is 63.6 Å². The van der Waals surface area contributed by atoms with Crippen molar-refractivity contribution >= 4 is 11.9 Å². The van der Waals surface area contributed by atoms with E-state index in [1.807, 2.05) is 0 Å². The van der Waals surface area contributed by atoms with E-state index in [2.05, 4.69) is 38.2 Å². The maximum atomic E-state index is 12.4. The Morgan fingerprint density at radius 1 is 0.595 bits per heavy atom. The van der Waals surface area contributed by atoms with E-state index in [0.29, 0.717) is 6.42 Å². The molecule has 4 heteroatoms. The number of esters is 1. The number of unbranched alkanes of at least 4 members (excludes halogenated alkanes) is 17. The molecule has 1 atom stereocenters. The van der Waals surface area contributed by atoms with Crippen LogP contribution in [0.3, 0.4) is 0 Å². The van der Waals surface area contributed by atoms with Crippen LogP contribution in [-0.4, -0.2) is 23.1 Å². The minimum atomic E-state index is -0.725. The van der Waals surface area contributed by atoms with E-state index in [-0.39, 0.29) is 18.5 Å². The van der Waals surface area contributed by atoms with Crippen molar-refractivity contribution in [3.8, 4) is 0 Å². The third kappa shape index (κ3) is 28.8. The number of aliphatic carboxylic acids is 1. The number of hydrogen-bond acceptors (Lipinski definition) is 3. The summed E-state index contributed by atoms with van der Waals surface area (Å²) in [6.07, 6.45) is 35.0. The van der Waals surface area contributed by atoms with E-state index in [4.69, 9.17) is 9.84 Å². The normalized spacial score (nSPS) is 12.5. The van der Waals surface area contributed by atoms with Crippen LogP contribution in [-0.2, 0) is 14.3 Å². The van der Waals surface area contributed by atoms with Gasteiger partial charge in [0.05, 0.1) is 0 Å². The summed E-state index contributed by atoms with van der Waals surface area (Å²) in [4.78, 5) is 23.0. The summed E-state index contributed by atoms with van der Waals surface area (Å²) in [5.74, 6) is -0.805. The molecule has 0 saturated carbocycles. The van der Waals surface area contributed by atoms with Crippen LogP contribution in [0.15, 0.2) is 24.3 Å². The molecule has 0 aliphatic carbocycles. The van der Waals surface area contributed by atoms with Gasteiger partial charge in [-0.1, -0.05) is 116 Å². The maximum absolute atomic E-state index is 12.4. The number of carboxylic acid groups (broad SMARTS) is 1. The lowest BCUT2D eigenvalue weighted by Crippen LogP contribution is -2.16. The molecule has 0 saturated heterocycles. The van der Waals surface area contributed by atoms with Gasteiger partial charge >= 0.3 is 11.9 Å². The van der Waals surface area contributed by atoms with Gasteiger partial charge in [-0.05, 0) is 63.9 Å². The van der Waals surface area contributed by atoms with Crippen molar-refractivity contribution in [1.82, 2.24) is 0 Å². The lowest BCUT2D eigenvalue weighted by Gasteiger charge is -2.14. The molecule has 37 heavy (non-hydrogen) atoms. The third-order valence-corrected chi connectivity index (χ3v) is 6.88. The minimum absolute atomic E-state index is 0.0793. The Bertz CT molecular complexity index is 567. The minimum Gasteiger partial charge on any atom is -0.481 e. The fourth-order valence-electron chi connectivity index (χ4n) is 4.48. The molecule has 0 aromatic heterocycles. The van der Waals surface area contributed by atoms with Gasteiger partial charge in [-0.15, -0.1) is 0 Å². The van der Waals surface area contributed by atoms with Crippen molar-refractivity contribution < 1.29 is 19.4 Å². The predicted molar refractivity (Wildman–Crippen MR) is 158 cm³/mol. The van der Waals surface area contributed by atoms with Crippen molar-refractivity contribution in [3.63, 3.8) is 0 Å². The van der Waals surface area contributed by atoms with E-state index in [9.17, 15) is 9.59 Å². The van der Waals surface area contributed by atoms with E-state index in [1.165, 1.54) is 77.0 Å². The van der Waals surface area contributed by atoms with Crippen LogP contribution in [0, 0.1) is 0 Å². The van der Waals surface area contributed by atoms with Crippen LogP contribution >= 0.6 is 0 Å². The fourth-order valence-corrected chi connectivity index (χ4v) is 4.48. The third-order valence-electron chi connectivity index (χ3n) is 6.88. The quantitative estimate of drug-likeness (QED) is 0.0633. The number of ether oxygens (including phenoxy) is 1. The molecule has 216 valence electrons. The molecule has 0 fully saturated rings. The van der Waals surface area contributed by atoms with Crippen LogP contribution in [0.1, 0.15) is 168 Å². The van der Waals surface area contributed by atoms with Crippen LogP contribution in [0.2, 0.25) is 0 Å². The monoisotopic (exact) mass is 520 g/mol. The number of carbonyl (C=O) groups excluding carboxylic acids is 1. The molecule has 0 bridgehead atoms. The van der Waals surface area contributed by atoms with E-state index < -0.39 is 5.97 Å². The molecule has 0 aliphatic rings. The first-order valence-corrected chi connectivity index (χ1v) is 15.8. The second kappa shape index (κ2) is 29.0. The van der Waals surface area contributed by atoms with Gasteiger partial charge in [-0.3, -0.25) is 9.59 Å². The van der Waals surface area contributed by atoms with Gasteiger partial charge in [0.1, 0.15) is 6.10 Å². The van der Waals surface area contributed by atoms with Gasteiger partial charge < -0.3 is 9.84 Å². The van der Waals surface area contributed by atoms with Gasteiger partial charge in [-0.25, -0.2) is 0 Å². The van der Waals surface area contributed by atoms with Gasteiger partial charge in [0.2, 0.25) is 0 Å². The number of hydrogen-bond donors (Lipinski definition) is 1. The summed E-state index contributed by atoms with van der Waals surface area (Å²) in [6.45, 7) is 4.45. The van der Waals surface area contributed by atoms with Crippen molar-refractivity contribution in [2.24, 2.45) is 0 Å². The van der Waals surface area contributed by atoms with E-state index >= 15 is 0 Å². The second-order valence-electron chi connectivity index (χ2n) is 10.6. The van der Waals surface area contributed by atoms with Crippen LogP contribution < -0.4 is 0 Å². The Hall–Kier alpha value is -1.58. The van der Waals surface area contributed by atoms with Gasteiger partial charge in [0.25, 0.3) is 0 Å². The first kappa shape index (κ1) is 35.4. The standard InChI is InChI=1S/C33H60O4/c1-3-5-7-9-10-11-12-13-14-15-16-17-18-19-20-26-30-33(36)37-31(27-23-8-6-4-2)28-24-21-22-25-29-32(34)35/h14-15,23,27,31H,3-13,16-22,24-26,28-30H2,1-2H3,(H,34,35)/b15-14-,27-23-. The smallest absolute Gasteiger partial charge is 0.306 e. The largest absolute Gasteiger partial charge is 0.481 e. The Morgan fingerprint density at radius 3 is 1.68 bits per heavy atom. The zero-order valence-electron chi connectivity index (χ0n) is 24.5.